The molecule has 0 bridgehead atoms. The minimum atomic E-state index is -0.0517. The SMILES string of the molecule is CCNC(=O)Cc1ccc(NC(=O)N2CCC(Cc3ccc(C(C)C)cc3)C2)cc1. The molecule has 2 N–H and O–H groups in total. The van der Waals surface area contributed by atoms with Crippen molar-refractivity contribution in [3.8, 4) is 0 Å². The molecule has 1 fully saturated rings. The smallest absolute Gasteiger partial charge is 0.321 e. The van der Waals surface area contributed by atoms with Crippen LogP contribution < -0.4 is 10.6 Å². The van der Waals surface area contributed by atoms with Crippen molar-refractivity contribution in [3.63, 3.8) is 0 Å². The fourth-order valence-electron chi connectivity index (χ4n) is 3.91. The van der Waals surface area contributed by atoms with Crippen LogP contribution >= 0.6 is 0 Å². The Balaban J connectivity index is 1.48. The van der Waals surface area contributed by atoms with Gasteiger partial charge in [-0.05, 0) is 60.4 Å². The molecule has 1 saturated heterocycles. The summed E-state index contributed by atoms with van der Waals surface area (Å²) in [4.78, 5) is 26.2. The molecule has 3 amide bonds. The van der Waals surface area contributed by atoms with E-state index in [0.29, 0.717) is 24.8 Å². The van der Waals surface area contributed by atoms with Crippen LogP contribution in [0.25, 0.3) is 0 Å². The van der Waals surface area contributed by atoms with Crippen LogP contribution in [0.2, 0.25) is 0 Å². The zero-order chi connectivity index (χ0) is 21.5. The largest absolute Gasteiger partial charge is 0.356 e. The fourth-order valence-corrected chi connectivity index (χ4v) is 3.91. The molecule has 160 valence electrons. The summed E-state index contributed by atoms with van der Waals surface area (Å²) in [6, 6.07) is 16.3. The van der Waals surface area contributed by atoms with Crippen molar-refractivity contribution in [1.29, 1.82) is 0 Å². The lowest BCUT2D eigenvalue weighted by molar-refractivity contribution is -0.120. The maximum Gasteiger partial charge on any atom is 0.321 e. The monoisotopic (exact) mass is 407 g/mol. The zero-order valence-electron chi connectivity index (χ0n) is 18.3. The number of rotatable bonds is 7. The molecule has 0 aromatic heterocycles. The molecule has 1 heterocycles. The van der Waals surface area contributed by atoms with E-state index in [0.717, 1.165) is 37.2 Å². The molecule has 5 nitrogen and oxygen atoms in total. The Morgan fingerprint density at radius 2 is 1.70 bits per heavy atom. The van der Waals surface area contributed by atoms with Crippen LogP contribution in [0, 0.1) is 5.92 Å². The van der Waals surface area contributed by atoms with Gasteiger partial charge in [-0.3, -0.25) is 4.79 Å². The Morgan fingerprint density at radius 3 is 2.33 bits per heavy atom. The molecule has 0 radical (unpaired) electrons. The highest BCUT2D eigenvalue weighted by molar-refractivity contribution is 5.89. The van der Waals surface area contributed by atoms with Crippen LogP contribution in [-0.2, 0) is 17.6 Å². The van der Waals surface area contributed by atoms with Crippen LogP contribution in [0.1, 0.15) is 49.8 Å². The summed E-state index contributed by atoms with van der Waals surface area (Å²) in [5, 5.41) is 5.77. The van der Waals surface area contributed by atoms with Gasteiger partial charge in [0.05, 0.1) is 6.42 Å². The number of urea groups is 1. The third-order valence-electron chi connectivity index (χ3n) is 5.69. The van der Waals surface area contributed by atoms with Crippen molar-refractivity contribution < 1.29 is 9.59 Å². The Kier molecular flexibility index (Phi) is 7.50. The van der Waals surface area contributed by atoms with Gasteiger partial charge in [-0.1, -0.05) is 50.2 Å². The zero-order valence-corrected chi connectivity index (χ0v) is 18.3. The minimum absolute atomic E-state index is 0.0104. The average Bonchev–Trinajstić information content (AvgIpc) is 3.19. The lowest BCUT2D eigenvalue weighted by Crippen LogP contribution is -2.33. The maximum absolute atomic E-state index is 12.6. The van der Waals surface area contributed by atoms with Crippen molar-refractivity contribution in [2.75, 3.05) is 25.0 Å². The highest BCUT2D eigenvalue weighted by atomic mass is 16.2. The van der Waals surface area contributed by atoms with E-state index in [2.05, 4.69) is 48.7 Å². The van der Waals surface area contributed by atoms with Crippen LogP contribution in [0.4, 0.5) is 10.5 Å². The maximum atomic E-state index is 12.6. The number of nitrogens with zero attached hydrogens (tertiary/aromatic N) is 1. The molecule has 0 saturated carbocycles. The number of likely N-dealkylation sites (tertiary alicyclic amines) is 1. The van der Waals surface area contributed by atoms with Crippen molar-refractivity contribution in [2.24, 2.45) is 5.92 Å². The second-order valence-corrected chi connectivity index (χ2v) is 8.46. The summed E-state index contributed by atoms with van der Waals surface area (Å²) in [7, 11) is 0. The first-order chi connectivity index (χ1) is 14.4. The van der Waals surface area contributed by atoms with E-state index in [-0.39, 0.29) is 11.9 Å². The van der Waals surface area contributed by atoms with E-state index in [1.807, 2.05) is 36.1 Å². The molecule has 1 unspecified atom stereocenters. The number of anilines is 1. The fraction of sp³-hybridized carbons (Fsp3) is 0.440. The molecule has 3 rings (SSSR count). The van der Waals surface area contributed by atoms with E-state index in [1.54, 1.807) is 0 Å². The predicted octanol–water partition coefficient (Wildman–Crippen LogP) is 4.59. The van der Waals surface area contributed by atoms with Crippen LogP contribution in [0.15, 0.2) is 48.5 Å². The molecule has 5 heteroatoms. The van der Waals surface area contributed by atoms with Crippen molar-refractivity contribution in [3.05, 3.63) is 65.2 Å². The van der Waals surface area contributed by atoms with Crippen LogP contribution in [0.3, 0.4) is 0 Å². The third-order valence-corrected chi connectivity index (χ3v) is 5.69. The van der Waals surface area contributed by atoms with Gasteiger partial charge in [0.1, 0.15) is 0 Å². The normalized spacial score (nSPS) is 16.0. The second kappa shape index (κ2) is 10.3. The molecular weight excluding hydrogens is 374 g/mol. The van der Waals surface area contributed by atoms with Crippen LogP contribution in [0.5, 0.6) is 0 Å². The first-order valence-corrected chi connectivity index (χ1v) is 10.9. The minimum Gasteiger partial charge on any atom is -0.356 e. The van der Waals surface area contributed by atoms with Gasteiger partial charge in [-0.15, -0.1) is 0 Å². The number of nitrogens with one attached hydrogen (secondary N) is 2. The van der Waals surface area contributed by atoms with Gasteiger partial charge >= 0.3 is 6.03 Å². The van der Waals surface area contributed by atoms with Crippen molar-refractivity contribution in [2.45, 2.75) is 46.0 Å². The van der Waals surface area contributed by atoms with Gasteiger partial charge in [-0.2, -0.15) is 0 Å². The average molecular weight is 408 g/mol. The van der Waals surface area contributed by atoms with Crippen molar-refractivity contribution in [1.82, 2.24) is 10.2 Å². The Hall–Kier alpha value is -2.82. The van der Waals surface area contributed by atoms with E-state index in [9.17, 15) is 9.59 Å². The highest BCUT2D eigenvalue weighted by Gasteiger charge is 2.26. The van der Waals surface area contributed by atoms with Gasteiger partial charge in [0.2, 0.25) is 5.91 Å². The Bertz CT molecular complexity index is 844. The van der Waals surface area contributed by atoms with E-state index in [4.69, 9.17) is 0 Å². The van der Waals surface area contributed by atoms with E-state index < -0.39 is 0 Å². The highest BCUT2D eigenvalue weighted by Crippen LogP contribution is 2.23. The number of hydrogen-bond donors (Lipinski definition) is 2. The quantitative estimate of drug-likeness (QED) is 0.705. The molecule has 1 aliphatic rings. The van der Waals surface area contributed by atoms with Gasteiger partial charge in [0.15, 0.2) is 0 Å². The summed E-state index contributed by atoms with van der Waals surface area (Å²) in [5.74, 6) is 1.06. The molecule has 1 aliphatic heterocycles. The number of carbonyl (C=O) groups is 2. The van der Waals surface area contributed by atoms with E-state index in [1.165, 1.54) is 11.1 Å². The third kappa shape index (κ3) is 6.09. The summed E-state index contributed by atoms with van der Waals surface area (Å²) >= 11 is 0. The summed E-state index contributed by atoms with van der Waals surface area (Å²) in [6.07, 6.45) is 2.40. The number of hydrogen-bond acceptors (Lipinski definition) is 2. The van der Waals surface area contributed by atoms with Gasteiger partial charge < -0.3 is 15.5 Å². The predicted molar refractivity (Wildman–Crippen MR) is 122 cm³/mol. The molecule has 1 atom stereocenters. The molecule has 2 aromatic carbocycles. The molecule has 0 spiro atoms. The first-order valence-electron chi connectivity index (χ1n) is 10.9. The molecule has 0 aliphatic carbocycles. The Morgan fingerprint density at radius 1 is 1.03 bits per heavy atom. The lowest BCUT2D eigenvalue weighted by Gasteiger charge is -2.18. The number of likely N-dealkylation sites (N-methyl/N-ethyl adjacent to an activating group) is 1. The molecular formula is C25H33N3O2. The molecule has 2 aromatic rings. The Labute approximate surface area is 179 Å². The summed E-state index contributed by atoms with van der Waals surface area (Å²) in [5.41, 5.74) is 4.40. The second-order valence-electron chi connectivity index (χ2n) is 8.46. The first kappa shape index (κ1) is 21.9. The topological polar surface area (TPSA) is 61.4 Å². The summed E-state index contributed by atoms with van der Waals surface area (Å²) in [6.45, 7) is 8.52. The van der Waals surface area contributed by atoms with Gasteiger partial charge in [0, 0.05) is 25.3 Å². The molecule has 30 heavy (non-hydrogen) atoms. The number of amides is 3. The van der Waals surface area contributed by atoms with Gasteiger partial charge in [0.25, 0.3) is 0 Å². The summed E-state index contributed by atoms with van der Waals surface area (Å²) < 4.78 is 0. The number of carbonyl (C=O) groups excluding carboxylic acids is 2. The van der Waals surface area contributed by atoms with Gasteiger partial charge in [-0.25, -0.2) is 4.79 Å². The number of benzene rings is 2. The standard InChI is InChI=1S/C25H33N3O2/c1-4-26-24(29)16-20-7-11-23(12-8-20)27-25(30)28-14-13-21(17-28)15-19-5-9-22(10-6-19)18(2)3/h5-12,18,21H,4,13-17H2,1-3H3,(H,26,29)(H,27,30). The lowest BCUT2D eigenvalue weighted by atomic mass is 9.96. The van der Waals surface area contributed by atoms with Crippen molar-refractivity contribution >= 4 is 17.6 Å². The van der Waals surface area contributed by atoms with E-state index >= 15 is 0 Å². The van der Waals surface area contributed by atoms with Crippen LogP contribution in [-0.4, -0.2) is 36.5 Å².